The lowest BCUT2D eigenvalue weighted by atomic mass is 10.2. The first kappa shape index (κ1) is 9.10. The van der Waals surface area contributed by atoms with Gasteiger partial charge in [0.25, 0.3) is 0 Å². The third kappa shape index (κ3) is 1.47. The molecule has 4 heteroatoms. The Morgan fingerprint density at radius 1 is 1.57 bits per heavy atom. The lowest BCUT2D eigenvalue weighted by molar-refractivity contribution is -0.115. The number of thioether (sulfide) groups is 1. The fourth-order valence-corrected chi connectivity index (χ4v) is 2.26. The molecule has 70 valence electrons. The van der Waals surface area contributed by atoms with E-state index in [0.717, 1.165) is 10.6 Å². The number of rotatable bonds is 0. The first-order valence-corrected chi connectivity index (χ1v) is 5.10. The minimum Gasteiger partial charge on any atom is -0.324 e. The predicted molar refractivity (Wildman–Crippen MR) is 55.1 cm³/mol. The van der Waals surface area contributed by atoms with E-state index in [0.29, 0.717) is 5.56 Å². The number of anilines is 1. The number of nitrogens with zero attached hydrogens (tertiary/aromatic N) is 1. The van der Waals surface area contributed by atoms with Crippen molar-refractivity contribution in [1.29, 1.82) is 5.26 Å². The molecule has 0 aliphatic carbocycles. The highest BCUT2D eigenvalue weighted by Gasteiger charge is 2.22. The molecule has 0 aromatic heterocycles. The molecule has 0 bridgehead atoms. The van der Waals surface area contributed by atoms with Crippen molar-refractivity contribution in [2.75, 3.05) is 5.32 Å². The van der Waals surface area contributed by atoms with Gasteiger partial charge in [0, 0.05) is 4.90 Å². The second kappa shape index (κ2) is 3.35. The topological polar surface area (TPSA) is 52.9 Å². The van der Waals surface area contributed by atoms with Gasteiger partial charge >= 0.3 is 0 Å². The monoisotopic (exact) mass is 204 g/mol. The Hall–Kier alpha value is -1.47. The standard InChI is InChI=1S/C10H8N2OS/c1-6-10(13)12-8-3-2-7(5-11)4-9(8)14-6/h2-4,6H,1H3,(H,12,13). The number of hydrogen-bond donors (Lipinski definition) is 1. The largest absolute Gasteiger partial charge is 0.324 e. The van der Waals surface area contributed by atoms with E-state index in [1.807, 2.05) is 6.92 Å². The van der Waals surface area contributed by atoms with Crippen molar-refractivity contribution in [3.63, 3.8) is 0 Å². The van der Waals surface area contributed by atoms with Crippen LogP contribution in [0.15, 0.2) is 23.1 Å². The third-order valence-electron chi connectivity index (χ3n) is 2.04. The molecule has 0 saturated carbocycles. The minimum atomic E-state index is -0.0866. The van der Waals surface area contributed by atoms with E-state index in [9.17, 15) is 4.79 Å². The van der Waals surface area contributed by atoms with Crippen molar-refractivity contribution in [3.8, 4) is 6.07 Å². The Balaban J connectivity index is 2.43. The fourth-order valence-electron chi connectivity index (χ4n) is 1.27. The molecule has 1 unspecified atom stereocenters. The zero-order chi connectivity index (χ0) is 10.1. The Bertz CT molecular complexity index is 436. The Morgan fingerprint density at radius 2 is 2.36 bits per heavy atom. The first-order valence-electron chi connectivity index (χ1n) is 4.22. The molecular weight excluding hydrogens is 196 g/mol. The molecule has 1 aromatic rings. The van der Waals surface area contributed by atoms with Gasteiger partial charge in [-0.2, -0.15) is 5.26 Å². The molecule has 1 amide bonds. The van der Waals surface area contributed by atoms with Crippen LogP contribution in [0, 0.1) is 11.3 Å². The smallest absolute Gasteiger partial charge is 0.237 e. The number of fused-ring (bicyclic) bond motifs is 1. The van der Waals surface area contributed by atoms with E-state index in [4.69, 9.17) is 5.26 Å². The van der Waals surface area contributed by atoms with Gasteiger partial charge in [-0.05, 0) is 25.1 Å². The van der Waals surface area contributed by atoms with Gasteiger partial charge in [0.1, 0.15) is 0 Å². The number of amides is 1. The fraction of sp³-hybridized carbons (Fsp3) is 0.200. The highest BCUT2D eigenvalue weighted by molar-refractivity contribution is 8.00. The van der Waals surface area contributed by atoms with Crippen LogP contribution in [-0.2, 0) is 4.79 Å². The van der Waals surface area contributed by atoms with Crippen LogP contribution in [-0.4, -0.2) is 11.2 Å². The van der Waals surface area contributed by atoms with Crippen LogP contribution < -0.4 is 5.32 Å². The summed E-state index contributed by atoms with van der Waals surface area (Å²) in [7, 11) is 0. The number of carbonyl (C=O) groups excluding carboxylic acids is 1. The van der Waals surface area contributed by atoms with Crippen molar-refractivity contribution in [2.24, 2.45) is 0 Å². The summed E-state index contributed by atoms with van der Waals surface area (Å²) in [5.74, 6) is 0.0206. The average molecular weight is 204 g/mol. The molecule has 1 aliphatic rings. The van der Waals surface area contributed by atoms with Crippen LogP contribution in [0.3, 0.4) is 0 Å². The molecular formula is C10H8N2OS. The molecule has 0 radical (unpaired) electrons. The van der Waals surface area contributed by atoms with Gasteiger partial charge in [0.2, 0.25) is 5.91 Å². The zero-order valence-electron chi connectivity index (χ0n) is 7.57. The van der Waals surface area contributed by atoms with Gasteiger partial charge in [-0.3, -0.25) is 4.79 Å². The van der Waals surface area contributed by atoms with Crippen LogP contribution in [0.2, 0.25) is 0 Å². The summed E-state index contributed by atoms with van der Waals surface area (Å²) in [5.41, 5.74) is 1.43. The zero-order valence-corrected chi connectivity index (χ0v) is 8.39. The molecule has 1 N–H and O–H groups in total. The second-order valence-corrected chi connectivity index (χ2v) is 4.45. The Morgan fingerprint density at radius 3 is 3.07 bits per heavy atom. The number of hydrogen-bond acceptors (Lipinski definition) is 3. The number of benzene rings is 1. The molecule has 0 fully saturated rings. The van der Waals surface area contributed by atoms with Gasteiger partial charge in [-0.25, -0.2) is 0 Å². The van der Waals surface area contributed by atoms with Gasteiger partial charge in [0.05, 0.1) is 22.6 Å². The highest BCUT2D eigenvalue weighted by Crippen LogP contribution is 2.35. The molecule has 3 nitrogen and oxygen atoms in total. The van der Waals surface area contributed by atoms with Crippen LogP contribution in [0.5, 0.6) is 0 Å². The quantitative estimate of drug-likeness (QED) is 0.703. The first-order chi connectivity index (χ1) is 6.70. The second-order valence-electron chi connectivity index (χ2n) is 3.07. The number of carbonyl (C=O) groups is 1. The molecule has 1 atom stereocenters. The van der Waals surface area contributed by atoms with Gasteiger partial charge in [-0.15, -0.1) is 11.8 Å². The average Bonchev–Trinajstić information content (AvgIpc) is 2.19. The summed E-state index contributed by atoms with van der Waals surface area (Å²) < 4.78 is 0. The van der Waals surface area contributed by atoms with Crippen molar-refractivity contribution in [2.45, 2.75) is 17.1 Å². The van der Waals surface area contributed by atoms with E-state index in [-0.39, 0.29) is 11.2 Å². The van der Waals surface area contributed by atoms with E-state index < -0.39 is 0 Å². The van der Waals surface area contributed by atoms with Crippen LogP contribution in [0.1, 0.15) is 12.5 Å². The summed E-state index contributed by atoms with van der Waals surface area (Å²) in [6.45, 7) is 1.85. The maximum absolute atomic E-state index is 11.3. The molecule has 2 rings (SSSR count). The molecule has 1 aromatic carbocycles. The van der Waals surface area contributed by atoms with Crippen molar-refractivity contribution >= 4 is 23.4 Å². The molecule has 0 spiro atoms. The van der Waals surface area contributed by atoms with Crippen LogP contribution >= 0.6 is 11.8 Å². The number of nitriles is 1. The molecule has 1 aliphatic heterocycles. The van der Waals surface area contributed by atoms with Crippen LogP contribution in [0.25, 0.3) is 0 Å². The van der Waals surface area contributed by atoms with E-state index in [1.165, 1.54) is 11.8 Å². The molecule has 14 heavy (non-hydrogen) atoms. The Kier molecular flexibility index (Phi) is 2.18. The Labute approximate surface area is 86.1 Å². The summed E-state index contributed by atoms with van der Waals surface area (Å²) in [6.07, 6.45) is 0. The molecule has 0 saturated heterocycles. The van der Waals surface area contributed by atoms with Crippen molar-refractivity contribution in [3.05, 3.63) is 23.8 Å². The van der Waals surface area contributed by atoms with E-state index in [2.05, 4.69) is 11.4 Å². The maximum Gasteiger partial charge on any atom is 0.237 e. The van der Waals surface area contributed by atoms with E-state index >= 15 is 0 Å². The SMILES string of the molecule is CC1Sc2cc(C#N)ccc2NC1=O. The molecule has 1 heterocycles. The summed E-state index contributed by atoms with van der Waals surface area (Å²) in [4.78, 5) is 12.3. The summed E-state index contributed by atoms with van der Waals surface area (Å²) >= 11 is 1.49. The van der Waals surface area contributed by atoms with Crippen LogP contribution in [0.4, 0.5) is 5.69 Å². The lowest BCUT2D eigenvalue weighted by Gasteiger charge is -2.21. The van der Waals surface area contributed by atoms with Gasteiger partial charge < -0.3 is 5.32 Å². The van der Waals surface area contributed by atoms with Gasteiger partial charge in [0.15, 0.2) is 0 Å². The van der Waals surface area contributed by atoms with E-state index in [1.54, 1.807) is 18.2 Å². The van der Waals surface area contributed by atoms with Gasteiger partial charge in [-0.1, -0.05) is 0 Å². The maximum atomic E-state index is 11.3. The van der Waals surface area contributed by atoms with Crippen molar-refractivity contribution in [1.82, 2.24) is 0 Å². The summed E-state index contributed by atoms with van der Waals surface area (Å²) in [5, 5.41) is 11.4. The normalized spacial score (nSPS) is 19.4. The lowest BCUT2D eigenvalue weighted by Crippen LogP contribution is -2.26. The third-order valence-corrected chi connectivity index (χ3v) is 3.20. The van der Waals surface area contributed by atoms with Crippen molar-refractivity contribution < 1.29 is 4.79 Å². The predicted octanol–water partition coefficient (Wildman–Crippen LogP) is 1.99. The highest BCUT2D eigenvalue weighted by atomic mass is 32.2. The minimum absolute atomic E-state index is 0.0206. The summed E-state index contributed by atoms with van der Waals surface area (Å²) in [6, 6.07) is 7.35. The number of nitrogens with one attached hydrogen (secondary N) is 1.